The summed E-state index contributed by atoms with van der Waals surface area (Å²) in [6.07, 6.45) is 2.19. The van der Waals surface area contributed by atoms with Gasteiger partial charge in [0.05, 0.1) is 6.04 Å². The Labute approximate surface area is 96.2 Å². The number of likely N-dealkylation sites (N-methyl/N-ethyl adjacent to an activating group) is 1. The predicted octanol–water partition coefficient (Wildman–Crippen LogP) is 1.40. The molecule has 0 fully saturated rings. The standard InChI is InChI=1S/C13H18N2O/c1-9(13(16)14-2)15-12-8-7-10-5-3-4-6-11(10)12/h3-6,9,12,15H,7-8H2,1-2H3,(H,14,16)/t9-,12?/m1/s1. The van der Waals surface area contributed by atoms with Gasteiger partial charge in [-0.1, -0.05) is 24.3 Å². The molecular weight excluding hydrogens is 200 g/mol. The molecule has 86 valence electrons. The van der Waals surface area contributed by atoms with Crippen molar-refractivity contribution < 1.29 is 4.79 Å². The number of aryl methyl sites for hydroxylation is 1. The molecule has 0 bridgehead atoms. The summed E-state index contributed by atoms with van der Waals surface area (Å²) in [4.78, 5) is 11.4. The van der Waals surface area contributed by atoms with E-state index in [1.54, 1.807) is 7.05 Å². The van der Waals surface area contributed by atoms with Crippen LogP contribution in [-0.2, 0) is 11.2 Å². The first-order valence-electron chi connectivity index (χ1n) is 5.78. The summed E-state index contributed by atoms with van der Waals surface area (Å²) in [6.45, 7) is 1.90. The summed E-state index contributed by atoms with van der Waals surface area (Å²) < 4.78 is 0. The molecule has 0 aromatic heterocycles. The van der Waals surface area contributed by atoms with Gasteiger partial charge in [-0.25, -0.2) is 0 Å². The smallest absolute Gasteiger partial charge is 0.236 e. The highest BCUT2D eigenvalue weighted by atomic mass is 16.2. The number of fused-ring (bicyclic) bond motifs is 1. The molecule has 2 atom stereocenters. The maximum atomic E-state index is 11.4. The Morgan fingerprint density at radius 3 is 2.94 bits per heavy atom. The quantitative estimate of drug-likeness (QED) is 0.805. The summed E-state index contributed by atoms with van der Waals surface area (Å²) in [7, 11) is 1.67. The van der Waals surface area contributed by atoms with Crippen molar-refractivity contribution >= 4 is 5.91 Å². The van der Waals surface area contributed by atoms with Crippen LogP contribution in [0, 0.1) is 0 Å². The molecular formula is C13H18N2O. The van der Waals surface area contributed by atoms with Gasteiger partial charge in [-0.2, -0.15) is 0 Å². The van der Waals surface area contributed by atoms with E-state index in [1.807, 2.05) is 6.92 Å². The molecule has 0 spiro atoms. The Morgan fingerprint density at radius 1 is 1.44 bits per heavy atom. The second-order valence-electron chi connectivity index (χ2n) is 4.29. The highest BCUT2D eigenvalue weighted by Crippen LogP contribution is 2.30. The lowest BCUT2D eigenvalue weighted by atomic mass is 10.1. The predicted molar refractivity (Wildman–Crippen MR) is 64.2 cm³/mol. The molecule has 1 aromatic rings. The number of hydrogen-bond acceptors (Lipinski definition) is 2. The molecule has 1 aliphatic carbocycles. The zero-order valence-electron chi connectivity index (χ0n) is 9.79. The molecule has 2 N–H and O–H groups in total. The van der Waals surface area contributed by atoms with Crippen LogP contribution in [0.25, 0.3) is 0 Å². The van der Waals surface area contributed by atoms with E-state index < -0.39 is 0 Å². The first kappa shape index (κ1) is 11.1. The van der Waals surface area contributed by atoms with Crippen molar-refractivity contribution in [2.45, 2.75) is 31.8 Å². The molecule has 0 saturated heterocycles. The number of benzene rings is 1. The zero-order chi connectivity index (χ0) is 11.5. The monoisotopic (exact) mass is 218 g/mol. The lowest BCUT2D eigenvalue weighted by Gasteiger charge is -2.19. The molecule has 1 aliphatic rings. The molecule has 0 aliphatic heterocycles. The number of carbonyl (C=O) groups excluding carboxylic acids is 1. The molecule has 2 rings (SSSR count). The number of nitrogens with one attached hydrogen (secondary N) is 2. The fraction of sp³-hybridized carbons (Fsp3) is 0.462. The Hall–Kier alpha value is -1.35. The van der Waals surface area contributed by atoms with Gasteiger partial charge in [0.15, 0.2) is 0 Å². The Morgan fingerprint density at radius 2 is 2.19 bits per heavy atom. The van der Waals surface area contributed by atoms with Gasteiger partial charge in [-0.3, -0.25) is 10.1 Å². The third-order valence-corrected chi connectivity index (χ3v) is 3.22. The van der Waals surface area contributed by atoms with E-state index in [0.29, 0.717) is 6.04 Å². The Balaban J connectivity index is 2.06. The topological polar surface area (TPSA) is 41.1 Å². The maximum absolute atomic E-state index is 11.4. The lowest BCUT2D eigenvalue weighted by molar-refractivity contribution is -0.122. The van der Waals surface area contributed by atoms with Crippen LogP contribution in [0.2, 0.25) is 0 Å². The first-order valence-corrected chi connectivity index (χ1v) is 5.78. The molecule has 3 heteroatoms. The van der Waals surface area contributed by atoms with Crippen molar-refractivity contribution in [3.05, 3.63) is 35.4 Å². The van der Waals surface area contributed by atoms with Crippen LogP contribution in [0.3, 0.4) is 0 Å². The van der Waals surface area contributed by atoms with Crippen LogP contribution in [0.5, 0.6) is 0 Å². The second kappa shape index (κ2) is 4.66. The molecule has 16 heavy (non-hydrogen) atoms. The van der Waals surface area contributed by atoms with Gasteiger partial charge in [0.2, 0.25) is 5.91 Å². The molecule has 0 saturated carbocycles. The van der Waals surface area contributed by atoms with Crippen LogP contribution in [0.15, 0.2) is 24.3 Å². The second-order valence-corrected chi connectivity index (χ2v) is 4.29. The minimum absolute atomic E-state index is 0.0457. The van der Waals surface area contributed by atoms with Crippen molar-refractivity contribution in [2.24, 2.45) is 0 Å². The van der Waals surface area contributed by atoms with E-state index in [4.69, 9.17) is 0 Å². The average Bonchev–Trinajstić information content (AvgIpc) is 2.72. The number of hydrogen-bond donors (Lipinski definition) is 2. The van der Waals surface area contributed by atoms with Gasteiger partial charge in [0.25, 0.3) is 0 Å². The molecule has 0 heterocycles. The molecule has 1 unspecified atom stereocenters. The van der Waals surface area contributed by atoms with E-state index in [9.17, 15) is 4.79 Å². The van der Waals surface area contributed by atoms with E-state index in [-0.39, 0.29) is 11.9 Å². The number of carbonyl (C=O) groups is 1. The van der Waals surface area contributed by atoms with Gasteiger partial charge in [-0.15, -0.1) is 0 Å². The van der Waals surface area contributed by atoms with Gasteiger partial charge in [0, 0.05) is 13.1 Å². The maximum Gasteiger partial charge on any atom is 0.236 e. The van der Waals surface area contributed by atoms with Gasteiger partial charge in [0.1, 0.15) is 0 Å². The van der Waals surface area contributed by atoms with E-state index >= 15 is 0 Å². The van der Waals surface area contributed by atoms with Gasteiger partial charge in [-0.05, 0) is 30.9 Å². The van der Waals surface area contributed by atoms with Crippen molar-refractivity contribution in [3.63, 3.8) is 0 Å². The third kappa shape index (κ3) is 2.09. The lowest BCUT2D eigenvalue weighted by Crippen LogP contribution is -2.41. The largest absolute Gasteiger partial charge is 0.358 e. The van der Waals surface area contributed by atoms with Crippen molar-refractivity contribution in [3.8, 4) is 0 Å². The normalized spacial score (nSPS) is 20.2. The van der Waals surface area contributed by atoms with Crippen molar-refractivity contribution in [1.29, 1.82) is 0 Å². The minimum Gasteiger partial charge on any atom is -0.358 e. The van der Waals surface area contributed by atoms with Gasteiger partial charge >= 0.3 is 0 Å². The number of amides is 1. The minimum atomic E-state index is -0.138. The molecule has 1 aromatic carbocycles. The molecule has 1 amide bonds. The summed E-state index contributed by atoms with van der Waals surface area (Å²) in [5, 5.41) is 6.03. The van der Waals surface area contributed by atoms with Crippen LogP contribution in [-0.4, -0.2) is 19.0 Å². The Kier molecular flexibility index (Phi) is 3.25. The van der Waals surface area contributed by atoms with Crippen molar-refractivity contribution in [2.75, 3.05) is 7.05 Å². The third-order valence-electron chi connectivity index (χ3n) is 3.22. The van der Waals surface area contributed by atoms with Crippen LogP contribution >= 0.6 is 0 Å². The fourth-order valence-corrected chi connectivity index (χ4v) is 2.32. The highest BCUT2D eigenvalue weighted by molar-refractivity contribution is 5.81. The van der Waals surface area contributed by atoms with Crippen LogP contribution < -0.4 is 10.6 Å². The molecule has 0 radical (unpaired) electrons. The fourth-order valence-electron chi connectivity index (χ4n) is 2.32. The zero-order valence-corrected chi connectivity index (χ0v) is 9.79. The van der Waals surface area contributed by atoms with Gasteiger partial charge < -0.3 is 5.32 Å². The number of rotatable bonds is 3. The summed E-state index contributed by atoms with van der Waals surface area (Å²) in [5.74, 6) is 0.0457. The molecule has 3 nitrogen and oxygen atoms in total. The van der Waals surface area contributed by atoms with E-state index in [2.05, 4.69) is 34.9 Å². The Bertz CT molecular complexity index is 389. The first-order chi connectivity index (χ1) is 7.72. The summed E-state index contributed by atoms with van der Waals surface area (Å²) >= 11 is 0. The van der Waals surface area contributed by atoms with Crippen LogP contribution in [0.4, 0.5) is 0 Å². The SMILES string of the molecule is CNC(=O)[C@@H](C)NC1CCc2ccccc21. The van der Waals surface area contributed by atoms with Crippen LogP contribution in [0.1, 0.15) is 30.5 Å². The summed E-state index contributed by atoms with van der Waals surface area (Å²) in [6, 6.07) is 8.63. The van der Waals surface area contributed by atoms with Crippen molar-refractivity contribution in [1.82, 2.24) is 10.6 Å². The van der Waals surface area contributed by atoms with E-state index in [1.165, 1.54) is 11.1 Å². The highest BCUT2D eigenvalue weighted by Gasteiger charge is 2.24. The summed E-state index contributed by atoms with van der Waals surface area (Å²) in [5.41, 5.74) is 2.75. The van der Waals surface area contributed by atoms with E-state index in [0.717, 1.165) is 12.8 Å². The average molecular weight is 218 g/mol.